The summed E-state index contributed by atoms with van der Waals surface area (Å²) in [5, 5.41) is 24.5. The monoisotopic (exact) mass is 712 g/mol. The van der Waals surface area contributed by atoms with Crippen molar-refractivity contribution in [3.63, 3.8) is 0 Å². The number of nitrogens with zero attached hydrogens (tertiary/aromatic N) is 1. The molecule has 0 spiro atoms. The molecule has 4 aromatic carbocycles. The molecule has 4 atom stereocenters. The molecule has 1 amide bonds. The SMILES string of the molecule is CC(=O)O[C@@H](C)C(=O)NCc1cccc(-c2ccc([C@H]3O[C@@H](CN4CCC(O)(c5ccc(Cl)cc5)CC4)C[C@@H](c4ccc(CO)cc4)O3)cc2)c1. The highest BCUT2D eigenvalue weighted by atomic mass is 35.5. The number of rotatable bonds is 11. The highest BCUT2D eigenvalue weighted by molar-refractivity contribution is 6.30. The van der Waals surface area contributed by atoms with Crippen LogP contribution in [0.15, 0.2) is 97.1 Å². The first-order chi connectivity index (χ1) is 24.6. The first-order valence-electron chi connectivity index (χ1n) is 17.4. The molecule has 0 saturated carbocycles. The predicted octanol–water partition coefficient (Wildman–Crippen LogP) is 6.60. The van der Waals surface area contributed by atoms with Gasteiger partial charge < -0.3 is 34.6 Å². The Balaban J connectivity index is 1.13. The summed E-state index contributed by atoms with van der Waals surface area (Å²) in [6.45, 7) is 5.30. The van der Waals surface area contributed by atoms with Gasteiger partial charge in [0, 0.05) is 50.1 Å². The standard InChI is InChI=1S/C41H45ClN2O7/c1-27(49-28(2)46)39(47)43-24-30-4-3-5-34(22-30)31-10-12-33(13-11-31)40-50-37(23-38(51-40)32-8-6-29(26-45)7-9-32)25-44-20-18-41(48,19-21-44)35-14-16-36(42)17-15-35/h3-17,22,27,37-38,40,45,48H,18-21,23-26H2,1-2H3,(H,43,47)/t27-,37+,38-,40-/m0/s1. The second-order valence-corrected chi connectivity index (χ2v) is 13.9. The number of ether oxygens (including phenoxy) is 3. The maximum Gasteiger partial charge on any atom is 0.303 e. The Morgan fingerprint density at radius 3 is 2.27 bits per heavy atom. The molecule has 2 fully saturated rings. The molecule has 10 heteroatoms. The van der Waals surface area contributed by atoms with Crippen LogP contribution >= 0.6 is 11.6 Å². The van der Waals surface area contributed by atoms with Crippen molar-refractivity contribution >= 4 is 23.5 Å². The van der Waals surface area contributed by atoms with Crippen LogP contribution in [0.1, 0.15) is 73.3 Å². The molecule has 4 aromatic rings. The molecule has 0 aromatic heterocycles. The number of carbonyl (C=O) groups is 2. The number of piperidine rings is 1. The second kappa shape index (κ2) is 16.5. The van der Waals surface area contributed by atoms with Gasteiger partial charge in [0.25, 0.3) is 5.91 Å². The van der Waals surface area contributed by atoms with Gasteiger partial charge in [-0.05, 0) is 71.3 Å². The minimum absolute atomic E-state index is 0.0172. The van der Waals surface area contributed by atoms with Gasteiger partial charge in [0.2, 0.25) is 0 Å². The van der Waals surface area contributed by atoms with Crippen LogP contribution in [0.5, 0.6) is 0 Å². The van der Waals surface area contributed by atoms with Gasteiger partial charge in [-0.25, -0.2) is 0 Å². The maximum atomic E-state index is 12.3. The van der Waals surface area contributed by atoms with Gasteiger partial charge in [-0.3, -0.25) is 9.59 Å². The molecule has 9 nitrogen and oxygen atoms in total. The molecule has 0 aliphatic carbocycles. The number of aliphatic hydroxyl groups excluding tert-OH is 1. The van der Waals surface area contributed by atoms with E-state index in [1.807, 2.05) is 97.1 Å². The molecule has 2 aliphatic heterocycles. The number of esters is 1. The number of halogens is 1. The van der Waals surface area contributed by atoms with E-state index in [9.17, 15) is 19.8 Å². The van der Waals surface area contributed by atoms with E-state index in [0.717, 1.165) is 52.0 Å². The molecular formula is C41H45ClN2O7. The number of aliphatic hydroxyl groups is 2. The van der Waals surface area contributed by atoms with Crippen LogP contribution in [0.2, 0.25) is 5.02 Å². The van der Waals surface area contributed by atoms with Crippen LogP contribution in [-0.2, 0) is 42.6 Å². The molecular weight excluding hydrogens is 668 g/mol. The van der Waals surface area contributed by atoms with Crippen LogP contribution in [0.4, 0.5) is 0 Å². The first kappa shape index (κ1) is 36.7. The molecule has 0 bridgehead atoms. The number of amides is 1. The topological polar surface area (TPSA) is 118 Å². The van der Waals surface area contributed by atoms with Crippen molar-refractivity contribution in [2.24, 2.45) is 0 Å². The lowest BCUT2D eigenvalue weighted by molar-refractivity contribution is -0.253. The molecule has 6 rings (SSSR count). The Kier molecular flexibility index (Phi) is 11.9. The minimum Gasteiger partial charge on any atom is -0.453 e. The fraction of sp³-hybridized carbons (Fsp3) is 0.366. The van der Waals surface area contributed by atoms with E-state index in [1.54, 1.807) is 6.92 Å². The molecule has 0 unspecified atom stereocenters. The number of hydrogen-bond donors (Lipinski definition) is 3. The lowest BCUT2D eigenvalue weighted by atomic mass is 9.84. The number of hydrogen-bond acceptors (Lipinski definition) is 8. The zero-order chi connectivity index (χ0) is 36.0. The van der Waals surface area contributed by atoms with Crippen molar-refractivity contribution in [3.05, 3.63) is 130 Å². The van der Waals surface area contributed by atoms with E-state index in [1.165, 1.54) is 6.92 Å². The van der Waals surface area contributed by atoms with Crippen molar-refractivity contribution in [1.29, 1.82) is 0 Å². The summed E-state index contributed by atoms with van der Waals surface area (Å²) in [7, 11) is 0. The predicted molar refractivity (Wildman–Crippen MR) is 194 cm³/mol. The molecule has 3 N–H and O–H groups in total. The second-order valence-electron chi connectivity index (χ2n) is 13.5. The minimum atomic E-state index is -0.879. The van der Waals surface area contributed by atoms with E-state index in [-0.39, 0.29) is 24.7 Å². The number of benzene rings is 4. The van der Waals surface area contributed by atoms with E-state index < -0.39 is 24.0 Å². The van der Waals surface area contributed by atoms with E-state index in [2.05, 4.69) is 10.2 Å². The molecule has 2 heterocycles. The Morgan fingerprint density at radius 2 is 1.61 bits per heavy atom. The van der Waals surface area contributed by atoms with Crippen LogP contribution in [0.25, 0.3) is 11.1 Å². The highest BCUT2D eigenvalue weighted by Crippen LogP contribution is 2.40. The van der Waals surface area contributed by atoms with Crippen LogP contribution in [-0.4, -0.2) is 58.8 Å². The van der Waals surface area contributed by atoms with Crippen molar-refractivity contribution in [2.45, 2.75) is 76.5 Å². The molecule has 2 saturated heterocycles. The van der Waals surface area contributed by atoms with Crippen LogP contribution in [0.3, 0.4) is 0 Å². The number of nitrogens with one attached hydrogen (secondary N) is 1. The van der Waals surface area contributed by atoms with E-state index in [0.29, 0.717) is 37.4 Å². The lowest BCUT2D eigenvalue weighted by Crippen LogP contribution is -2.46. The summed E-state index contributed by atoms with van der Waals surface area (Å²) < 4.78 is 18.2. The van der Waals surface area contributed by atoms with E-state index in [4.69, 9.17) is 25.8 Å². The molecule has 2 aliphatic rings. The summed E-state index contributed by atoms with van der Waals surface area (Å²) in [6.07, 6.45) is 0.161. The third-order valence-corrected chi connectivity index (χ3v) is 10.0. The van der Waals surface area contributed by atoms with E-state index >= 15 is 0 Å². The molecule has 268 valence electrons. The van der Waals surface area contributed by atoms with Gasteiger partial charge in [0.1, 0.15) is 0 Å². The van der Waals surface area contributed by atoms with Crippen molar-refractivity contribution in [3.8, 4) is 11.1 Å². The zero-order valence-corrected chi connectivity index (χ0v) is 29.7. The average molecular weight is 713 g/mol. The van der Waals surface area contributed by atoms with Gasteiger partial charge in [0.05, 0.1) is 24.4 Å². The van der Waals surface area contributed by atoms with Crippen LogP contribution < -0.4 is 5.32 Å². The average Bonchev–Trinajstić information content (AvgIpc) is 3.15. The summed E-state index contributed by atoms with van der Waals surface area (Å²) in [5.41, 5.74) is 5.72. The largest absolute Gasteiger partial charge is 0.453 e. The first-order valence-corrected chi connectivity index (χ1v) is 17.8. The highest BCUT2D eigenvalue weighted by Gasteiger charge is 2.37. The van der Waals surface area contributed by atoms with Gasteiger partial charge in [-0.2, -0.15) is 0 Å². The Bertz CT molecular complexity index is 1770. The third-order valence-electron chi connectivity index (χ3n) is 9.76. The number of carbonyl (C=O) groups excluding carboxylic acids is 2. The van der Waals surface area contributed by atoms with Gasteiger partial charge >= 0.3 is 5.97 Å². The van der Waals surface area contributed by atoms with Gasteiger partial charge in [-0.1, -0.05) is 90.5 Å². The summed E-state index contributed by atoms with van der Waals surface area (Å²) in [6, 6.07) is 31.4. The van der Waals surface area contributed by atoms with Crippen LogP contribution in [0, 0.1) is 0 Å². The Hall–Kier alpha value is -4.09. The molecule has 0 radical (unpaired) electrons. The fourth-order valence-electron chi connectivity index (χ4n) is 6.80. The third kappa shape index (κ3) is 9.43. The fourth-order valence-corrected chi connectivity index (χ4v) is 6.93. The zero-order valence-electron chi connectivity index (χ0n) is 29.0. The molecule has 51 heavy (non-hydrogen) atoms. The normalized spacial score (nSPS) is 21.1. The summed E-state index contributed by atoms with van der Waals surface area (Å²) in [5.74, 6) is -0.852. The van der Waals surface area contributed by atoms with Gasteiger partial charge in [-0.15, -0.1) is 0 Å². The number of likely N-dealkylation sites (tertiary alicyclic amines) is 1. The lowest BCUT2D eigenvalue weighted by Gasteiger charge is -2.42. The Labute approximate surface area is 304 Å². The Morgan fingerprint density at radius 1 is 0.922 bits per heavy atom. The van der Waals surface area contributed by atoms with Gasteiger partial charge in [0.15, 0.2) is 12.4 Å². The van der Waals surface area contributed by atoms with Crippen molar-refractivity contribution < 1.29 is 34.0 Å². The van der Waals surface area contributed by atoms with Crippen molar-refractivity contribution in [2.75, 3.05) is 19.6 Å². The summed E-state index contributed by atoms with van der Waals surface area (Å²) in [4.78, 5) is 25.9. The maximum absolute atomic E-state index is 12.3. The van der Waals surface area contributed by atoms with Crippen molar-refractivity contribution in [1.82, 2.24) is 10.2 Å². The smallest absolute Gasteiger partial charge is 0.303 e. The quantitative estimate of drug-likeness (QED) is 0.149. The summed E-state index contributed by atoms with van der Waals surface area (Å²) >= 11 is 6.09.